The van der Waals surface area contributed by atoms with Gasteiger partial charge in [0.05, 0.1) is 11.2 Å². The van der Waals surface area contributed by atoms with Crippen molar-refractivity contribution >= 4 is 30.0 Å². The molecule has 0 bridgehead atoms. The van der Waals surface area contributed by atoms with Crippen molar-refractivity contribution < 1.29 is 9.47 Å². The lowest BCUT2D eigenvalue weighted by molar-refractivity contribution is 0.174. The largest absolute Gasteiger partial charge is 0.454 e. The number of halogens is 1. The van der Waals surface area contributed by atoms with E-state index >= 15 is 0 Å². The van der Waals surface area contributed by atoms with Crippen molar-refractivity contribution in [2.45, 2.75) is 6.92 Å². The number of benzene rings is 1. The molecule has 0 atom stereocenters. The van der Waals surface area contributed by atoms with Crippen LogP contribution in [0, 0.1) is 11.7 Å². The lowest BCUT2D eigenvalue weighted by Gasteiger charge is -2.01. The van der Waals surface area contributed by atoms with Gasteiger partial charge < -0.3 is 9.47 Å². The normalized spacial score (nSPS) is 13.4. The number of hydrogen-bond donors (Lipinski definition) is 1. The second kappa shape index (κ2) is 4.67. The molecule has 0 fully saturated rings. The maximum atomic E-state index is 6.14. The van der Waals surface area contributed by atoms with E-state index in [0.29, 0.717) is 32.7 Å². The molecule has 0 saturated carbocycles. The number of fused-ring (bicyclic) bond motifs is 1. The summed E-state index contributed by atoms with van der Waals surface area (Å²) in [5.74, 6) is 1.95. The van der Waals surface area contributed by atoms with Crippen molar-refractivity contribution in [3.05, 3.63) is 33.3 Å². The Hall–Kier alpha value is -1.86. The summed E-state index contributed by atoms with van der Waals surface area (Å²) in [6, 6.07) is 3.47. The average molecular weight is 297 g/mol. The van der Waals surface area contributed by atoms with Crippen LogP contribution in [0.25, 0.3) is 0 Å². The Kier molecular flexibility index (Phi) is 3.00. The average Bonchev–Trinajstić information content (AvgIpc) is 2.94. The third kappa shape index (κ3) is 2.22. The molecule has 1 aliphatic rings. The van der Waals surface area contributed by atoms with Crippen LogP contribution in [-0.2, 0) is 0 Å². The van der Waals surface area contributed by atoms with E-state index < -0.39 is 0 Å². The fourth-order valence-electron chi connectivity index (χ4n) is 1.66. The van der Waals surface area contributed by atoms with E-state index in [2.05, 4.69) is 15.3 Å². The van der Waals surface area contributed by atoms with Crippen molar-refractivity contribution in [3.8, 4) is 11.5 Å². The zero-order valence-electron chi connectivity index (χ0n) is 9.88. The molecule has 0 spiro atoms. The van der Waals surface area contributed by atoms with Gasteiger partial charge in [0.2, 0.25) is 11.6 Å². The summed E-state index contributed by atoms with van der Waals surface area (Å²) in [4.78, 5) is 0. The standard InChI is InChI=1S/C11H9ClN4O2S/c1-6-14-15-11(19)16(6)13-4-7-2-9-10(3-8(7)12)18-5-17-9/h2-4H,5H2,1H3,(H,15,19)/b13-4-. The number of rotatable bonds is 2. The first-order valence-corrected chi connectivity index (χ1v) is 6.21. The maximum absolute atomic E-state index is 6.14. The molecule has 8 heteroatoms. The summed E-state index contributed by atoms with van der Waals surface area (Å²) in [6.45, 7) is 2.00. The minimum Gasteiger partial charge on any atom is -0.454 e. The predicted molar refractivity (Wildman–Crippen MR) is 72.7 cm³/mol. The van der Waals surface area contributed by atoms with Gasteiger partial charge in [-0.25, -0.2) is 0 Å². The molecule has 19 heavy (non-hydrogen) atoms. The third-order valence-electron chi connectivity index (χ3n) is 2.62. The summed E-state index contributed by atoms with van der Waals surface area (Å²) in [7, 11) is 0. The molecular weight excluding hydrogens is 288 g/mol. The highest BCUT2D eigenvalue weighted by molar-refractivity contribution is 7.71. The monoisotopic (exact) mass is 296 g/mol. The Morgan fingerprint density at radius 2 is 2.21 bits per heavy atom. The first-order valence-electron chi connectivity index (χ1n) is 5.42. The number of aryl methyl sites for hydroxylation is 1. The zero-order chi connectivity index (χ0) is 13.4. The fourth-order valence-corrected chi connectivity index (χ4v) is 2.09. The van der Waals surface area contributed by atoms with Crippen LogP contribution < -0.4 is 9.47 Å². The summed E-state index contributed by atoms with van der Waals surface area (Å²) >= 11 is 11.2. The quantitative estimate of drug-likeness (QED) is 0.683. The van der Waals surface area contributed by atoms with Crippen molar-refractivity contribution in [2.75, 3.05) is 6.79 Å². The number of nitrogens with zero attached hydrogens (tertiary/aromatic N) is 3. The third-order valence-corrected chi connectivity index (χ3v) is 3.21. The molecule has 0 unspecified atom stereocenters. The van der Waals surface area contributed by atoms with Crippen molar-refractivity contribution in [2.24, 2.45) is 5.10 Å². The van der Waals surface area contributed by atoms with Crippen LogP contribution in [0.4, 0.5) is 0 Å². The molecule has 2 aromatic rings. The number of hydrogen-bond acceptors (Lipinski definition) is 5. The minimum absolute atomic E-state index is 0.207. The Labute approximate surface area is 118 Å². The van der Waals surface area contributed by atoms with Crippen LogP contribution in [0.2, 0.25) is 5.02 Å². The first-order chi connectivity index (χ1) is 9.15. The van der Waals surface area contributed by atoms with Gasteiger partial charge in [-0.2, -0.15) is 14.9 Å². The number of aromatic amines is 1. The topological polar surface area (TPSA) is 64.4 Å². The van der Waals surface area contributed by atoms with Crippen LogP contribution in [0.5, 0.6) is 11.5 Å². The number of nitrogens with one attached hydrogen (secondary N) is 1. The van der Waals surface area contributed by atoms with E-state index in [-0.39, 0.29) is 6.79 Å². The first kappa shape index (κ1) is 12.2. The molecule has 6 nitrogen and oxygen atoms in total. The Balaban J connectivity index is 1.98. The van der Waals surface area contributed by atoms with Gasteiger partial charge in [-0.15, -0.1) is 0 Å². The molecule has 98 valence electrons. The number of aromatic nitrogens is 3. The van der Waals surface area contributed by atoms with Gasteiger partial charge in [0.1, 0.15) is 5.82 Å². The van der Waals surface area contributed by atoms with E-state index in [1.54, 1.807) is 25.3 Å². The van der Waals surface area contributed by atoms with E-state index in [4.69, 9.17) is 33.3 Å². The van der Waals surface area contributed by atoms with E-state index in [1.807, 2.05) is 0 Å². The summed E-state index contributed by atoms with van der Waals surface area (Å²) in [5, 5.41) is 11.4. The second-order valence-electron chi connectivity index (χ2n) is 3.86. The Bertz CT molecular complexity index is 722. The highest BCUT2D eigenvalue weighted by Gasteiger charge is 2.15. The molecular formula is C11H9ClN4O2S. The zero-order valence-corrected chi connectivity index (χ0v) is 11.5. The van der Waals surface area contributed by atoms with Gasteiger partial charge in [-0.1, -0.05) is 11.6 Å². The Morgan fingerprint density at radius 1 is 1.47 bits per heavy atom. The van der Waals surface area contributed by atoms with Crippen molar-refractivity contribution in [1.82, 2.24) is 14.9 Å². The molecule has 1 aromatic heterocycles. The molecule has 1 N–H and O–H groups in total. The van der Waals surface area contributed by atoms with Crippen LogP contribution in [0.15, 0.2) is 17.2 Å². The second-order valence-corrected chi connectivity index (χ2v) is 4.65. The smallest absolute Gasteiger partial charge is 0.231 e. The minimum atomic E-state index is 0.207. The lowest BCUT2D eigenvalue weighted by atomic mass is 10.2. The predicted octanol–water partition coefficient (Wildman–Crippen LogP) is 2.51. The van der Waals surface area contributed by atoms with Crippen LogP contribution in [0.1, 0.15) is 11.4 Å². The van der Waals surface area contributed by atoms with Crippen molar-refractivity contribution in [3.63, 3.8) is 0 Å². The van der Waals surface area contributed by atoms with Crippen molar-refractivity contribution in [1.29, 1.82) is 0 Å². The van der Waals surface area contributed by atoms with Crippen LogP contribution in [0.3, 0.4) is 0 Å². The van der Waals surface area contributed by atoms with E-state index in [1.165, 1.54) is 4.68 Å². The fraction of sp³-hybridized carbons (Fsp3) is 0.182. The van der Waals surface area contributed by atoms with Gasteiger partial charge in [-0.05, 0) is 25.2 Å². The van der Waals surface area contributed by atoms with Crippen LogP contribution >= 0.6 is 23.8 Å². The maximum Gasteiger partial charge on any atom is 0.231 e. The van der Waals surface area contributed by atoms with Gasteiger partial charge in [0.25, 0.3) is 0 Å². The van der Waals surface area contributed by atoms with Gasteiger partial charge in [-0.3, -0.25) is 5.10 Å². The number of ether oxygens (including phenoxy) is 2. The van der Waals surface area contributed by atoms with E-state index in [0.717, 1.165) is 0 Å². The molecule has 0 saturated heterocycles. The Morgan fingerprint density at radius 3 is 2.89 bits per heavy atom. The summed E-state index contributed by atoms with van der Waals surface area (Å²) in [6.07, 6.45) is 1.60. The van der Waals surface area contributed by atoms with Gasteiger partial charge in [0, 0.05) is 11.6 Å². The molecule has 0 amide bonds. The number of H-pyrrole nitrogens is 1. The molecule has 0 aliphatic carbocycles. The van der Waals surface area contributed by atoms with Gasteiger partial charge >= 0.3 is 0 Å². The SMILES string of the molecule is Cc1n[nH]c(=S)n1/N=C\c1cc2c(cc1Cl)OCO2. The van der Waals surface area contributed by atoms with E-state index in [9.17, 15) is 0 Å². The van der Waals surface area contributed by atoms with Gasteiger partial charge in [0.15, 0.2) is 11.5 Å². The highest BCUT2D eigenvalue weighted by Crippen LogP contribution is 2.36. The molecule has 1 aliphatic heterocycles. The molecule has 0 radical (unpaired) electrons. The lowest BCUT2D eigenvalue weighted by Crippen LogP contribution is -1.94. The summed E-state index contributed by atoms with van der Waals surface area (Å²) < 4.78 is 12.5. The highest BCUT2D eigenvalue weighted by atomic mass is 35.5. The molecule has 1 aromatic carbocycles. The van der Waals surface area contributed by atoms with Crippen LogP contribution in [-0.4, -0.2) is 27.9 Å². The molecule has 2 heterocycles. The molecule has 3 rings (SSSR count). The summed E-state index contributed by atoms with van der Waals surface area (Å²) in [5.41, 5.74) is 0.716.